The molecule has 0 saturated carbocycles. The highest BCUT2D eigenvalue weighted by Gasteiger charge is 2.34. The lowest BCUT2D eigenvalue weighted by Crippen LogP contribution is -2.40. The number of nitrogens with zero attached hydrogens (tertiary/aromatic N) is 3. The van der Waals surface area contributed by atoms with Gasteiger partial charge in [-0.2, -0.15) is 13.2 Å². The number of nitrogens with one attached hydrogen (secondary N) is 1. The number of ether oxygens (including phenoxy) is 1. The standard InChI is InChI=1S/C12H19F3N4O/c1-5-16-10-9(20-4)11(18-7-17-10)19(8(2)3)6-12(13,14)15/h7-8H,5-6H2,1-4H3,(H,16,17,18). The molecule has 0 amide bonds. The van der Waals surface area contributed by atoms with Crippen LogP contribution in [0.2, 0.25) is 0 Å². The number of hydrogen-bond donors (Lipinski definition) is 1. The van der Waals surface area contributed by atoms with Crippen LogP contribution in [-0.2, 0) is 0 Å². The van der Waals surface area contributed by atoms with Crippen molar-refractivity contribution < 1.29 is 17.9 Å². The van der Waals surface area contributed by atoms with Gasteiger partial charge in [-0.1, -0.05) is 0 Å². The molecule has 0 aliphatic rings. The van der Waals surface area contributed by atoms with Crippen molar-refractivity contribution in [1.29, 1.82) is 0 Å². The van der Waals surface area contributed by atoms with E-state index >= 15 is 0 Å². The lowest BCUT2D eigenvalue weighted by Gasteiger charge is -2.30. The predicted octanol–water partition coefficient (Wildman–Crippen LogP) is 2.69. The van der Waals surface area contributed by atoms with Crippen LogP contribution in [0, 0.1) is 0 Å². The number of anilines is 2. The summed E-state index contributed by atoms with van der Waals surface area (Å²) in [4.78, 5) is 9.07. The second kappa shape index (κ2) is 6.62. The van der Waals surface area contributed by atoms with Crippen LogP contribution in [0.15, 0.2) is 6.33 Å². The Morgan fingerprint density at radius 1 is 1.35 bits per heavy atom. The molecular formula is C12H19F3N4O. The van der Waals surface area contributed by atoms with Gasteiger partial charge in [-0.3, -0.25) is 0 Å². The van der Waals surface area contributed by atoms with Gasteiger partial charge in [-0.25, -0.2) is 9.97 Å². The minimum absolute atomic E-state index is 0.130. The van der Waals surface area contributed by atoms with Crippen LogP contribution in [-0.4, -0.2) is 42.4 Å². The van der Waals surface area contributed by atoms with Crippen LogP contribution in [0.5, 0.6) is 5.75 Å². The molecule has 0 aromatic carbocycles. The van der Waals surface area contributed by atoms with Crippen molar-refractivity contribution in [2.24, 2.45) is 0 Å². The first-order valence-electron chi connectivity index (χ1n) is 6.26. The molecule has 0 aliphatic heterocycles. The number of alkyl halides is 3. The summed E-state index contributed by atoms with van der Waals surface area (Å²) in [7, 11) is 1.38. The molecule has 0 radical (unpaired) electrons. The lowest BCUT2D eigenvalue weighted by atomic mass is 10.3. The fraction of sp³-hybridized carbons (Fsp3) is 0.667. The molecule has 0 fully saturated rings. The van der Waals surface area contributed by atoms with Crippen LogP contribution in [0.25, 0.3) is 0 Å². The van der Waals surface area contributed by atoms with Crippen molar-refractivity contribution in [2.75, 3.05) is 30.4 Å². The third-order valence-corrected chi connectivity index (χ3v) is 2.58. The van der Waals surface area contributed by atoms with E-state index in [1.807, 2.05) is 6.92 Å². The first-order chi connectivity index (χ1) is 9.30. The smallest absolute Gasteiger partial charge is 0.405 e. The fourth-order valence-corrected chi connectivity index (χ4v) is 1.75. The molecule has 1 rings (SSSR count). The van der Waals surface area contributed by atoms with Crippen molar-refractivity contribution in [3.63, 3.8) is 0 Å². The van der Waals surface area contributed by atoms with Crippen LogP contribution >= 0.6 is 0 Å². The van der Waals surface area contributed by atoms with E-state index < -0.39 is 12.7 Å². The average Bonchev–Trinajstić information content (AvgIpc) is 2.35. The summed E-state index contributed by atoms with van der Waals surface area (Å²) in [5, 5.41) is 2.94. The quantitative estimate of drug-likeness (QED) is 0.873. The van der Waals surface area contributed by atoms with E-state index in [-0.39, 0.29) is 17.6 Å². The molecular weight excluding hydrogens is 273 g/mol. The minimum Gasteiger partial charge on any atom is -0.490 e. The molecule has 0 bridgehead atoms. The molecule has 0 unspecified atom stereocenters. The zero-order chi connectivity index (χ0) is 15.3. The molecule has 0 spiro atoms. The average molecular weight is 292 g/mol. The Hall–Kier alpha value is -1.73. The largest absolute Gasteiger partial charge is 0.490 e. The molecule has 1 aromatic rings. The van der Waals surface area contributed by atoms with Gasteiger partial charge in [0, 0.05) is 12.6 Å². The summed E-state index contributed by atoms with van der Waals surface area (Å²) in [6.07, 6.45) is -3.10. The van der Waals surface area contributed by atoms with Gasteiger partial charge in [0.25, 0.3) is 0 Å². The Labute approximate surface area is 116 Å². The SMILES string of the molecule is CCNc1ncnc(N(CC(F)(F)F)C(C)C)c1OC. The maximum Gasteiger partial charge on any atom is 0.405 e. The van der Waals surface area contributed by atoms with Gasteiger partial charge in [-0.15, -0.1) is 0 Å². The van der Waals surface area contributed by atoms with Crippen LogP contribution in [0.4, 0.5) is 24.8 Å². The number of halogens is 3. The first-order valence-corrected chi connectivity index (χ1v) is 6.26. The summed E-state index contributed by atoms with van der Waals surface area (Å²) in [6, 6.07) is -0.380. The summed E-state index contributed by atoms with van der Waals surface area (Å²) < 4.78 is 43.3. The highest BCUT2D eigenvalue weighted by atomic mass is 19.4. The van der Waals surface area contributed by atoms with Crippen LogP contribution in [0.3, 0.4) is 0 Å². The van der Waals surface area contributed by atoms with Crippen molar-refractivity contribution >= 4 is 11.6 Å². The van der Waals surface area contributed by atoms with Gasteiger partial charge in [0.15, 0.2) is 11.6 Å². The van der Waals surface area contributed by atoms with Crippen LogP contribution < -0.4 is 15.0 Å². The Morgan fingerprint density at radius 2 is 2.00 bits per heavy atom. The molecule has 0 saturated heterocycles. The van der Waals surface area contributed by atoms with E-state index in [4.69, 9.17) is 4.74 Å². The predicted molar refractivity (Wildman–Crippen MR) is 71.3 cm³/mol. The van der Waals surface area contributed by atoms with Gasteiger partial charge in [-0.05, 0) is 20.8 Å². The van der Waals surface area contributed by atoms with Gasteiger partial charge >= 0.3 is 6.18 Å². The van der Waals surface area contributed by atoms with E-state index in [2.05, 4.69) is 15.3 Å². The summed E-state index contributed by atoms with van der Waals surface area (Å²) in [6.45, 7) is 4.68. The highest BCUT2D eigenvalue weighted by molar-refractivity contribution is 5.65. The molecule has 1 N–H and O–H groups in total. The highest BCUT2D eigenvalue weighted by Crippen LogP contribution is 2.34. The monoisotopic (exact) mass is 292 g/mol. The fourth-order valence-electron chi connectivity index (χ4n) is 1.75. The van der Waals surface area contributed by atoms with E-state index in [1.54, 1.807) is 13.8 Å². The zero-order valence-corrected chi connectivity index (χ0v) is 12.0. The van der Waals surface area contributed by atoms with Crippen molar-refractivity contribution in [1.82, 2.24) is 9.97 Å². The van der Waals surface area contributed by atoms with E-state index in [0.717, 1.165) is 4.90 Å². The molecule has 20 heavy (non-hydrogen) atoms. The lowest BCUT2D eigenvalue weighted by molar-refractivity contribution is -0.120. The Kier molecular flexibility index (Phi) is 5.41. The number of methoxy groups -OCH3 is 1. The topological polar surface area (TPSA) is 50.3 Å². The second-order valence-corrected chi connectivity index (χ2v) is 4.45. The maximum atomic E-state index is 12.7. The van der Waals surface area contributed by atoms with Crippen LogP contribution in [0.1, 0.15) is 20.8 Å². The normalized spacial score (nSPS) is 11.6. The Balaban J connectivity index is 3.22. The summed E-state index contributed by atoms with van der Waals surface area (Å²) in [5.74, 6) is 0.728. The van der Waals surface area contributed by atoms with E-state index in [1.165, 1.54) is 13.4 Å². The van der Waals surface area contributed by atoms with Crippen molar-refractivity contribution in [3.05, 3.63) is 6.33 Å². The summed E-state index contributed by atoms with van der Waals surface area (Å²) in [5.41, 5.74) is 0. The summed E-state index contributed by atoms with van der Waals surface area (Å²) >= 11 is 0. The zero-order valence-electron chi connectivity index (χ0n) is 12.0. The van der Waals surface area contributed by atoms with Gasteiger partial charge in [0.2, 0.25) is 5.75 Å². The first kappa shape index (κ1) is 16.3. The van der Waals surface area contributed by atoms with Crippen molar-refractivity contribution in [2.45, 2.75) is 33.0 Å². The maximum absolute atomic E-state index is 12.7. The minimum atomic E-state index is -4.32. The Bertz CT molecular complexity index is 437. The number of aromatic nitrogens is 2. The second-order valence-electron chi connectivity index (χ2n) is 4.45. The molecule has 5 nitrogen and oxygen atoms in total. The molecule has 0 atom stereocenters. The third kappa shape index (κ3) is 4.14. The molecule has 8 heteroatoms. The Morgan fingerprint density at radius 3 is 2.45 bits per heavy atom. The van der Waals surface area contributed by atoms with Gasteiger partial charge < -0.3 is 15.0 Å². The van der Waals surface area contributed by atoms with Gasteiger partial charge in [0.1, 0.15) is 12.9 Å². The van der Waals surface area contributed by atoms with Crippen molar-refractivity contribution in [3.8, 4) is 5.75 Å². The van der Waals surface area contributed by atoms with E-state index in [9.17, 15) is 13.2 Å². The molecule has 1 aromatic heterocycles. The van der Waals surface area contributed by atoms with Gasteiger partial charge in [0.05, 0.1) is 7.11 Å². The molecule has 1 heterocycles. The molecule has 114 valence electrons. The molecule has 0 aliphatic carbocycles. The number of hydrogen-bond acceptors (Lipinski definition) is 5. The third-order valence-electron chi connectivity index (χ3n) is 2.58. The van der Waals surface area contributed by atoms with E-state index in [0.29, 0.717) is 12.4 Å². The number of rotatable bonds is 6.